The highest BCUT2D eigenvalue weighted by atomic mass is 35.5. The first kappa shape index (κ1) is 25.8. The van der Waals surface area contributed by atoms with Crippen LogP contribution in [0.5, 0.6) is 0 Å². The molecule has 1 aliphatic heterocycles. The third-order valence-electron chi connectivity index (χ3n) is 7.73. The molecule has 39 heavy (non-hydrogen) atoms. The summed E-state index contributed by atoms with van der Waals surface area (Å²) >= 11 is 12.4. The van der Waals surface area contributed by atoms with E-state index in [9.17, 15) is 0 Å². The van der Waals surface area contributed by atoms with E-state index in [1.165, 1.54) is 17.0 Å². The van der Waals surface area contributed by atoms with Gasteiger partial charge in [0.1, 0.15) is 0 Å². The molecule has 6 rings (SSSR count). The first-order valence-electron chi connectivity index (χ1n) is 13.6. The summed E-state index contributed by atoms with van der Waals surface area (Å²) in [6, 6.07) is 25.2. The van der Waals surface area contributed by atoms with Crippen molar-refractivity contribution >= 4 is 40.4 Å². The van der Waals surface area contributed by atoms with Crippen LogP contribution in [0.3, 0.4) is 0 Å². The molecule has 5 aromatic rings. The number of hydrogen-bond donors (Lipinski definition) is 1. The van der Waals surface area contributed by atoms with Gasteiger partial charge in [-0.15, -0.1) is 0 Å². The SMILES string of the molecule is Cc1ccccc1NC(=S)n1c(-c2ccc(Cl)cc2)c2n3c(c(-c4ccc(C(C)(C)C)cc4)nc13)CCCC2. The molecule has 0 saturated heterocycles. The highest BCUT2D eigenvalue weighted by Gasteiger charge is 2.29. The number of nitrogens with zero attached hydrogens (tertiary/aromatic N) is 3. The number of anilines is 1. The highest BCUT2D eigenvalue weighted by Crippen LogP contribution is 2.37. The Kier molecular flexibility index (Phi) is 6.60. The van der Waals surface area contributed by atoms with Crippen LogP contribution < -0.4 is 5.32 Å². The average Bonchev–Trinajstić information content (AvgIpc) is 3.33. The molecule has 1 N–H and O–H groups in total. The van der Waals surface area contributed by atoms with Gasteiger partial charge >= 0.3 is 0 Å². The number of imidazole rings is 2. The van der Waals surface area contributed by atoms with Crippen LogP contribution in [0.1, 0.15) is 56.1 Å². The van der Waals surface area contributed by atoms with Gasteiger partial charge in [-0.25, -0.2) is 4.98 Å². The topological polar surface area (TPSA) is 34.3 Å². The summed E-state index contributed by atoms with van der Waals surface area (Å²) in [5.41, 5.74) is 10.4. The molecule has 0 atom stereocenters. The monoisotopic (exact) mass is 552 g/mol. The summed E-state index contributed by atoms with van der Waals surface area (Å²) in [7, 11) is 0. The zero-order valence-corrected chi connectivity index (χ0v) is 24.5. The predicted molar refractivity (Wildman–Crippen MR) is 167 cm³/mol. The van der Waals surface area contributed by atoms with E-state index in [0.29, 0.717) is 5.11 Å². The number of hydrogen-bond acceptors (Lipinski definition) is 2. The summed E-state index contributed by atoms with van der Waals surface area (Å²) in [4.78, 5) is 5.31. The lowest BCUT2D eigenvalue weighted by molar-refractivity contribution is 0.590. The second kappa shape index (κ2) is 9.96. The van der Waals surface area contributed by atoms with Crippen LogP contribution in [0.4, 0.5) is 5.69 Å². The molecule has 3 aromatic carbocycles. The molecule has 0 aliphatic carbocycles. The van der Waals surface area contributed by atoms with Crippen LogP contribution in [0.15, 0.2) is 72.8 Å². The molecule has 1 aliphatic rings. The smallest absolute Gasteiger partial charge is 0.222 e. The summed E-state index contributed by atoms with van der Waals surface area (Å²) in [5.74, 6) is 0.854. The molecule has 2 aromatic heterocycles. The lowest BCUT2D eigenvalue weighted by Gasteiger charge is -2.19. The Morgan fingerprint density at radius 3 is 2.18 bits per heavy atom. The van der Waals surface area contributed by atoms with Crippen LogP contribution in [-0.2, 0) is 18.3 Å². The second-order valence-electron chi connectivity index (χ2n) is 11.5. The van der Waals surface area contributed by atoms with Crippen molar-refractivity contribution in [3.8, 4) is 22.5 Å². The van der Waals surface area contributed by atoms with Crippen molar-refractivity contribution in [2.45, 2.75) is 58.8 Å². The van der Waals surface area contributed by atoms with Crippen molar-refractivity contribution in [1.29, 1.82) is 0 Å². The Morgan fingerprint density at radius 1 is 0.872 bits per heavy atom. The number of thiocarbonyl (C=S) groups is 1. The molecule has 198 valence electrons. The average molecular weight is 553 g/mol. The van der Waals surface area contributed by atoms with Crippen LogP contribution >= 0.6 is 23.8 Å². The molecule has 0 radical (unpaired) electrons. The fourth-order valence-electron chi connectivity index (χ4n) is 5.59. The van der Waals surface area contributed by atoms with E-state index in [1.54, 1.807) is 0 Å². The minimum absolute atomic E-state index is 0.105. The normalized spacial score (nSPS) is 13.5. The van der Waals surface area contributed by atoms with Gasteiger partial charge in [0.2, 0.25) is 5.78 Å². The zero-order chi connectivity index (χ0) is 27.3. The Bertz CT molecular complexity index is 1690. The number of halogens is 1. The number of nitrogens with one attached hydrogen (secondary N) is 1. The van der Waals surface area contributed by atoms with E-state index in [4.69, 9.17) is 28.8 Å². The van der Waals surface area contributed by atoms with Crippen molar-refractivity contribution in [2.24, 2.45) is 0 Å². The lowest BCUT2D eigenvalue weighted by atomic mass is 9.86. The van der Waals surface area contributed by atoms with Gasteiger partial charge in [0.25, 0.3) is 0 Å². The van der Waals surface area contributed by atoms with Gasteiger partial charge < -0.3 is 5.32 Å². The Hall–Kier alpha value is -3.41. The van der Waals surface area contributed by atoms with Crippen molar-refractivity contribution in [3.63, 3.8) is 0 Å². The Morgan fingerprint density at radius 2 is 1.51 bits per heavy atom. The summed E-state index contributed by atoms with van der Waals surface area (Å²) in [5, 5.41) is 4.85. The van der Waals surface area contributed by atoms with E-state index in [-0.39, 0.29) is 5.41 Å². The van der Waals surface area contributed by atoms with Gasteiger partial charge in [0, 0.05) is 21.8 Å². The van der Waals surface area contributed by atoms with Crippen LogP contribution in [0, 0.1) is 6.92 Å². The summed E-state index contributed by atoms with van der Waals surface area (Å²) < 4.78 is 4.50. The van der Waals surface area contributed by atoms with Crippen molar-refractivity contribution in [2.75, 3.05) is 5.32 Å². The number of benzene rings is 3. The molecule has 3 heterocycles. The first-order chi connectivity index (χ1) is 18.7. The molecular weight excluding hydrogens is 520 g/mol. The number of aryl methyl sites for hydroxylation is 3. The lowest BCUT2D eigenvalue weighted by Crippen LogP contribution is -2.21. The Labute approximate surface area is 240 Å². The third kappa shape index (κ3) is 4.68. The van der Waals surface area contributed by atoms with Gasteiger partial charge in [-0.3, -0.25) is 8.97 Å². The summed E-state index contributed by atoms with van der Waals surface area (Å²) in [6.07, 6.45) is 4.18. The molecule has 6 heteroatoms. The van der Waals surface area contributed by atoms with E-state index in [2.05, 4.69) is 90.5 Å². The van der Waals surface area contributed by atoms with Crippen molar-refractivity contribution < 1.29 is 0 Å². The molecule has 0 unspecified atom stereocenters. The number of rotatable bonds is 3. The largest absolute Gasteiger partial charge is 0.332 e. The second-order valence-corrected chi connectivity index (χ2v) is 12.3. The van der Waals surface area contributed by atoms with Gasteiger partial charge in [-0.2, -0.15) is 0 Å². The van der Waals surface area contributed by atoms with Gasteiger partial charge in [0.15, 0.2) is 5.11 Å². The molecule has 0 fully saturated rings. The van der Waals surface area contributed by atoms with Crippen molar-refractivity contribution in [3.05, 3.63) is 100 Å². The minimum atomic E-state index is 0.105. The molecule has 0 bridgehead atoms. The van der Waals surface area contributed by atoms with Crippen LogP contribution in [-0.4, -0.2) is 19.1 Å². The maximum atomic E-state index is 6.29. The minimum Gasteiger partial charge on any atom is -0.332 e. The predicted octanol–water partition coefficient (Wildman–Crippen LogP) is 8.85. The molecule has 4 nitrogen and oxygen atoms in total. The zero-order valence-electron chi connectivity index (χ0n) is 22.9. The van der Waals surface area contributed by atoms with Crippen LogP contribution in [0.25, 0.3) is 28.3 Å². The Balaban J connectivity index is 1.58. The van der Waals surface area contributed by atoms with Gasteiger partial charge in [-0.05, 0) is 79.6 Å². The fourth-order valence-corrected chi connectivity index (χ4v) is 6.00. The molecule has 0 spiro atoms. The standard InChI is InChI=1S/C33H33ClN4S/c1-21-9-5-6-10-26(21)35-32(39)38-30(23-15-19-25(34)20-16-23)28-12-8-7-11-27-29(36-31(38)37(27)28)22-13-17-24(18-14-22)33(2,3)4/h5-6,9-10,13-20H,7-8,11-12H2,1-4H3,(H,35,39). The van der Waals surface area contributed by atoms with E-state index in [1.807, 2.05) is 24.3 Å². The van der Waals surface area contributed by atoms with Gasteiger partial charge in [-0.1, -0.05) is 87.0 Å². The quantitative estimate of drug-likeness (QED) is 0.227. The fraction of sp³-hybridized carbons (Fsp3) is 0.273. The van der Waals surface area contributed by atoms with Crippen LogP contribution in [0.2, 0.25) is 5.02 Å². The third-order valence-corrected chi connectivity index (χ3v) is 8.27. The first-order valence-corrected chi connectivity index (χ1v) is 14.4. The van der Waals surface area contributed by atoms with E-state index < -0.39 is 0 Å². The maximum absolute atomic E-state index is 6.29. The molecule has 0 amide bonds. The summed E-state index contributed by atoms with van der Waals surface area (Å²) in [6.45, 7) is 8.83. The maximum Gasteiger partial charge on any atom is 0.222 e. The molecule has 0 saturated carbocycles. The number of para-hydroxylation sites is 1. The molecular formula is C33H33ClN4S. The van der Waals surface area contributed by atoms with Crippen molar-refractivity contribution in [1.82, 2.24) is 14.0 Å². The van der Waals surface area contributed by atoms with E-state index >= 15 is 0 Å². The highest BCUT2D eigenvalue weighted by molar-refractivity contribution is 7.80. The number of aromatic nitrogens is 3. The van der Waals surface area contributed by atoms with Gasteiger partial charge in [0.05, 0.1) is 22.8 Å². The van der Waals surface area contributed by atoms with E-state index in [0.717, 1.165) is 70.2 Å².